The second-order valence-corrected chi connectivity index (χ2v) is 17.8. The van der Waals surface area contributed by atoms with Crippen LogP contribution in [0.1, 0.15) is 97.7 Å². The average molecular weight is 985 g/mol. The van der Waals surface area contributed by atoms with E-state index in [2.05, 4.69) is 47.2 Å². The van der Waals surface area contributed by atoms with Gasteiger partial charge in [0.25, 0.3) is 0 Å². The summed E-state index contributed by atoms with van der Waals surface area (Å²) in [6, 6.07) is -0.703. The number of aliphatic carboxylic acids is 2. The molecule has 0 saturated heterocycles. The minimum Gasteiger partial charge on any atom is -0.481 e. The van der Waals surface area contributed by atoms with Gasteiger partial charge in [-0.15, -0.1) is 0 Å². The number of aromatic amines is 1. The number of primary amides is 2. The van der Waals surface area contributed by atoms with E-state index in [-0.39, 0.29) is 51.0 Å². The number of carboxylic acid groups (broad SMARTS) is 2. The normalized spacial score (nSPS) is 15.5. The molecule has 388 valence electrons. The number of carbonyl (C=O) groups excluding carboxylic acids is 8. The fourth-order valence-corrected chi connectivity index (χ4v) is 7.17. The Morgan fingerprint density at radius 1 is 0.629 bits per heavy atom. The topological polar surface area (TPSA) is 402 Å². The maximum absolute atomic E-state index is 14.3. The van der Waals surface area contributed by atoms with Crippen molar-refractivity contribution in [3.63, 3.8) is 0 Å². The van der Waals surface area contributed by atoms with Crippen LogP contribution in [0.25, 0.3) is 0 Å². The predicted molar refractivity (Wildman–Crippen MR) is 254 cm³/mol. The van der Waals surface area contributed by atoms with E-state index in [0.717, 1.165) is 5.56 Å². The monoisotopic (exact) mass is 985 g/mol. The van der Waals surface area contributed by atoms with Crippen LogP contribution in [0.3, 0.4) is 0 Å². The Kier molecular flexibility index (Phi) is 25.2. The fourth-order valence-electron chi connectivity index (χ4n) is 7.17. The number of H-pyrrole nitrogens is 1. The van der Waals surface area contributed by atoms with E-state index in [1.54, 1.807) is 20.8 Å². The van der Waals surface area contributed by atoms with E-state index in [1.807, 2.05) is 51.1 Å². The van der Waals surface area contributed by atoms with Crippen molar-refractivity contribution in [2.24, 2.45) is 35.0 Å². The maximum Gasteiger partial charge on any atom is 0.326 e. The van der Waals surface area contributed by atoms with E-state index in [0.29, 0.717) is 18.5 Å². The predicted octanol–water partition coefficient (Wildman–Crippen LogP) is -1.77. The van der Waals surface area contributed by atoms with Gasteiger partial charge in [-0.3, -0.25) is 43.2 Å². The molecule has 24 nitrogen and oxygen atoms in total. The molecule has 1 aromatic carbocycles. The lowest BCUT2D eigenvalue weighted by molar-refractivity contribution is -0.143. The van der Waals surface area contributed by atoms with Gasteiger partial charge in [0.05, 0.1) is 24.8 Å². The molecule has 0 aliphatic rings. The van der Waals surface area contributed by atoms with Crippen LogP contribution in [0.4, 0.5) is 0 Å². The standard InChI is InChI=1S/C46H72N12O12/c1-7-25(5)38(44(67)58-39(26(6)8-2)45(68)57-37(24(3)4)43(66)55-32(46(69)70)15-17-35(49)60)51-22-29(18-27-12-10-9-11-13-27)53-42(65)33(19-28-21-50-23-52-28)56-41(64)31(14-16-34(48)59)54-40(63)30(47)20-36(61)62/h9-13,21,23-26,29-33,37-39,51H,7-8,14-20,22,47H2,1-6H3,(H2,48,59)(H2,49,60)(H,50,52)(H,53,65)(H,54,63)(H,55,66)(H,56,64)(H,57,68)(H,58,67)(H,61,62)(H,69,70)/t25-,26-,29+,30+,31+,32+,33+,37+,38+,39+/m1/s1. The first-order valence-corrected chi connectivity index (χ1v) is 23.3. The number of amides is 8. The number of nitrogens with two attached hydrogens (primary N) is 3. The highest BCUT2D eigenvalue weighted by Gasteiger charge is 2.36. The summed E-state index contributed by atoms with van der Waals surface area (Å²) in [5.74, 6) is -10.2. The second-order valence-electron chi connectivity index (χ2n) is 17.8. The molecular formula is C46H72N12O12. The van der Waals surface area contributed by atoms with Crippen molar-refractivity contribution in [1.29, 1.82) is 0 Å². The molecule has 0 radical (unpaired) electrons. The number of hydrogen-bond acceptors (Lipinski definition) is 13. The van der Waals surface area contributed by atoms with E-state index >= 15 is 0 Å². The van der Waals surface area contributed by atoms with E-state index in [1.165, 1.54) is 12.5 Å². The molecule has 1 aromatic heterocycles. The fraction of sp³-hybridized carbons (Fsp3) is 0.587. The van der Waals surface area contributed by atoms with Crippen molar-refractivity contribution in [2.45, 2.75) is 148 Å². The van der Waals surface area contributed by atoms with E-state index in [9.17, 15) is 53.1 Å². The summed E-state index contributed by atoms with van der Waals surface area (Å²) < 4.78 is 0. The van der Waals surface area contributed by atoms with Crippen molar-refractivity contribution in [2.75, 3.05) is 6.54 Å². The number of imidazole rings is 1. The zero-order chi connectivity index (χ0) is 52.7. The van der Waals surface area contributed by atoms with Gasteiger partial charge in [0.15, 0.2) is 0 Å². The SMILES string of the molecule is CC[C@@H](C)[C@H](NC[C@H](Cc1ccccc1)NC(=O)[C@H](Cc1cnc[nH]1)NC(=O)[C@H](CCC(N)=O)NC(=O)[C@@H](N)CC(=O)O)C(=O)N[C@H](C(=O)N[C@H](C(=O)N[C@@H](CCC(N)=O)C(=O)O)C(C)C)[C@H](C)CC. The van der Waals surface area contributed by atoms with Gasteiger partial charge >= 0.3 is 11.9 Å². The molecule has 0 spiro atoms. The molecule has 1 heterocycles. The van der Waals surface area contributed by atoms with Crippen LogP contribution in [0.2, 0.25) is 0 Å². The van der Waals surface area contributed by atoms with Gasteiger partial charge < -0.3 is 69.6 Å². The van der Waals surface area contributed by atoms with Gasteiger partial charge in [0.2, 0.25) is 47.3 Å². The van der Waals surface area contributed by atoms with Crippen molar-refractivity contribution in [3.05, 3.63) is 54.1 Å². The third-order valence-electron chi connectivity index (χ3n) is 11.7. The maximum atomic E-state index is 14.3. The van der Waals surface area contributed by atoms with Crippen LogP contribution in [0.15, 0.2) is 42.9 Å². The third-order valence-corrected chi connectivity index (χ3v) is 11.7. The first-order chi connectivity index (χ1) is 33.0. The number of nitrogens with zero attached hydrogens (tertiary/aromatic N) is 1. The van der Waals surface area contributed by atoms with E-state index in [4.69, 9.17) is 22.3 Å². The number of hydrogen-bond donors (Lipinski definition) is 13. The molecule has 16 N–H and O–H groups in total. The van der Waals surface area contributed by atoms with Crippen molar-refractivity contribution in [3.8, 4) is 0 Å². The molecule has 0 unspecified atom stereocenters. The Bertz CT molecular complexity index is 2070. The lowest BCUT2D eigenvalue weighted by Crippen LogP contribution is -2.61. The highest BCUT2D eigenvalue weighted by molar-refractivity contribution is 5.96. The smallest absolute Gasteiger partial charge is 0.326 e. The highest BCUT2D eigenvalue weighted by atomic mass is 16.4. The minimum atomic E-state index is -1.53. The summed E-state index contributed by atoms with van der Waals surface area (Å²) in [4.78, 5) is 136. The third kappa shape index (κ3) is 20.7. The summed E-state index contributed by atoms with van der Waals surface area (Å²) in [6.45, 7) is 10.5. The number of carboxylic acids is 2. The summed E-state index contributed by atoms with van der Waals surface area (Å²) in [6.07, 6.45) is 1.90. The van der Waals surface area contributed by atoms with Gasteiger partial charge in [0, 0.05) is 43.7 Å². The van der Waals surface area contributed by atoms with Gasteiger partial charge in [-0.05, 0) is 42.6 Å². The van der Waals surface area contributed by atoms with E-state index < -0.39 is 126 Å². The van der Waals surface area contributed by atoms with Crippen LogP contribution >= 0.6 is 0 Å². The number of carbonyl (C=O) groups is 10. The van der Waals surface area contributed by atoms with Crippen LogP contribution < -0.4 is 54.4 Å². The summed E-state index contributed by atoms with van der Waals surface area (Å²) in [7, 11) is 0. The lowest BCUT2D eigenvalue weighted by Gasteiger charge is -2.32. The zero-order valence-corrected chi connectivity index (χ0v) is 40.6. The Morgan fingerprint density at radius 3 is 1.67 bits per heavy atom. The number of nitrogens with one attached hydrogen (secondary N) is 8. The summed E-state index contributed by atoms with van der Waals surface area (Å²) >= 11 is 0. The quantitative estimate of drug-likeness (QED) is 0.0376. The molecule has 0 saturated carbocycles. The summed E-state index contributed by atoms with van der Waals surface area (Å²) in [5.41, 5.74) is 17.5. The Hall–Kier alpha value is -6.95. The zero-order valence-electron chi connectivity index (χ0n) is 40.6. The Balaban J connectivity index is 2.43. The first kappa shape index (κ1) is 59.2. The van der Waals surface area contributed by atoms with Gasteiger partial charge in [-0.1, -0.05) is 84.7 Å². The molecular weight excluding hydrogens is 913 g/mol. The number of aromatic nitrogens is 2. The molecule has 10 atom stereocenters. The van der Waals surface area contributed by atoms with Crippen LogP contribution in [0, 0.1) is 17.8 Å². The van der Waals surface area contributed by atoms with Crippen LogP contribution in [-0.4, -0.2) is 134 Å². The minimum absolute atomic E-state index is 0.0111. The van der Waals surface area contributed by atoms with Crippen LogP contribution in [-0.2, 0) is 60.8 Å². The van der Waals surface area contributed by atoms with Crippen molar-refractivity contribution >= 4 is 59.2 Å². The largest absolute Gasteiger partial charge is 0.481 e. The second kappa shape index (κ2) is 29.8. The molecule has 70 heavy (non-hydrogen) atoms. The number of rotatable bonds is 33. The molecule has 0 aliphatic heterocycles. The average Bonchev–Trinajstić information content (AvgIpc) is 3.82. The molecule has 2 rings (SSSR count). The Morgan fingerprint density at radius 2 is 1.14 bits per heavy atom. The van der Waals surface area contributed by atoms with Gasteiger partial charge in [-0.25, -0.2) is 9.78 Å². The molecule has 24 heteroatoms. The molecule has 0 aliphatic carbocycles. The van der Waals surface area contributed by atoms with Gasteiger partial charge in [0.1, 0.15) is 30.2 Å². The highest BCUT2D eigenvalue weighted by Crippen LogP contribution is 2.15. The molecule has 8 amide bonds. The van der Waals surface area contributed by atoms with Crippen molar-refractivity contribution in [1.82, 2.24) is 47.2 Å². The summed E-state index contributed by atoms with van der Waals surface area (Å²) in [5, 5.41) is 38.0. The first-order valence-electron chi connectivity index (χ1n) is 23.3. The van der Waals surface area contributed by atoms with Gasteiger partial charge in [-0.2, -0.15) is 0 Å². The molecule has 0 bridgehead atoms. The number of benzene rings is 1. The lowest BCUT2D eigenvalue weighted by atomic mass is 9.93. The molecule has 2 aromatic rings. The Labute approximate surface area is 406 Å². The van der Waals surface area contributed by atoms with Crippen LogP contribution in [0.5, 0.6) is 0 Å². The molecule has 0 fully saturated rings. The van der Waals surface area contributed by atoms with Crippen molar-refractivity contribution < 1.29 is 58.2 Å².